The van der Waals surface area contributed by atoms with Crippen molar-refractivity contribution in [1.82, 2.24) is 4.90 Å². The Morgan fingerprint density at radius 3 is 2.54 bits per heavy atom. The van der Waals surface area contributed by atoms with Crippen molar-refractivity contribution in [3.05, 3.63) is 60.2 Å². The molecular weight excluding hydrogens is 304 g/mol. The van der Waals surface area contributed by atoms with Crippen LogP contribution in [0.25, 0.3) is 0 Å². The fourth-order valence-corrected chi connectivity index (χ4v) is 2.93. The van der Waals surface area contributed by atoms with Crippen molar-refractivity contribution in [2.45, 2.75) is 13.0 Å². The molecule has 2 amide bonds. The molecule has 0 spiro atoms. The number of benzene rings is 2. The first kappa shape index (κ1) is 16.1. The fourth-order valence-electron chi connectivity index (χ4n) is 2.93. The number of piperazine rings is 1. The lowest BCUT2D eigenvalue weighted by Crippen LogP contribution is -2.57. The third kappa shape index (κ3) is 2.97. The van der Waals surface area contributed by atoms with Gasteiger partial charge in [0.15, 0.2) is 0 Å². The minimum atomic E-state index is -0.502. The highest BCUT2D eigenvalue weighted by Gasteiger charge is 2.35. The van der Waals surface area contributed by atoms with E-state index in [9.17, 15) is 9.59 Å². The molecule has 0 radical (unpaired) electrons. The number of anilines is 1. The van der Waals surface area contributed by atoms with Crippen LogP contribution in [0.2, 0.25) is 0 Å². The molecule has 3 rings (SSSR count). The van der Waals surface area contributed by atoms with Crippen LogP contribution in [0.4, 0.5) is 5.69 Å². The molecule has 1 fully saturated rings. The Kier molecular flexibility index (Phi) is 4.51. The minimum Gasteiger partial charge on any atom is -0.497 e. The van der Waals surface area contributed by atoms with Crippen molar-refractivity contribution in [3.8, 4) is 5.75 Å². The summed E-state index contributed by atoms with van der Waals surface area (Å²) in [5.41, 5.74) is 1.39. The summed E-state index contributed by atoms with van der Waals surface area (Å²) in [5, 5.41) is 0. The zero-order valence-corrected chi connectivity index (χ0v) is 13.8. The Labute approximate surface area is 141 Å². The maximum absolute atomic E-state index is 12.8. The molecule has 0 aromatic heterocycles. The summed E-state index contributed by atoms with van der Waals surface area (Å²) in [6.07, 6.45) is 0. The number of hydrogen-bond donors (Lipinski definition) is 0. The van der Waals surface area contributed by atoms with E-state index in [2.05, 4.69) is 0 Å². The molecule has 124 valence electrons. The van der Waals surface area contributed by atoms with Crippen LogP contribution in [-0.4, -0.2) is 43.0 Å². The van der Waals surface area contributed by atoms with Gasteiger partial charge in [-0.15, -0.1) is 0 Å². The van der Waals surface area contributed by atoms with E-state index in [1.807, 2.05) is 42.5 Å². The number of amides is 2. The van der Waals surface area contributed by atoms with E-state index in [0.717, 1.165) is 5.69 Å². The summed E-state index contributed by atoms with van der Waals surface area (Å²) in [7, 11) is 1.60. The second-order valence-corrected chi connectivity index (χ2v) is 5.73. The molecule has 24 heavy (non-hydrogen) atoms. The van der Waals surface area contributed by atoms with Crippen molar-refractivity contribution >= 4 is 17.5 Å². The van der Waals surface area contributed by atoms with Gasteiger partial charge in [-0.05, 0) is 31.2 Å². The Morgan fingerprint density at radius 2 is 1.83 bits per heavy atom. The highest BCUT2D eigenvalue weighted by molar-refractivity contribution is 6.03. The quantitative estimate of drug-likeness (QED) is 0.872. The van der Waals surface area contributed by atoms with Crippen LogP contribution in [0, 0.1) is 0 Å². The third-order valence-electron chi connectivity index (χ3n) is 4.30. The number of ether oxygens (including phenoxy) is 1. The van der Waals surface area contributed by atoms with E-state index in [0.29, 0.717) is 24.4 Å². The van der Waals surface area contributed by atoms with Crippen molar-refractivity contribution in [2.24, 2.45) is 0 Å². The van der Waals surface area contributed by atoms with Crippen molar-refractivity contribution < 1.29 is 14.3 Å². The minimum absolute atomic E-state index is 0.0845. The first-order valence-electron chi connectivity index (χ1n) is 7.93. The largest absolute Gasteiger partial charge is 0.497 e. The summed E-state index contributed by atoms with van der Waals surface area (Å²) in [5.74, 6) is 0.510. The maximum atomic E-state index is 12.8. The summed E-state index contributed by atoms with van der Waals surface area (Å²) in [6, 6.07) is 16.0. The van der Waals surface area contributed by atoms with Gasteiger partial charge in [-0.2, -0.15) is 0 Å². The molecule has 1 aliphatic heterocycles. The van der Waals surface area contributed by atoms with E-state index in [4.69, 9.17) is 4.74 Å². The number of carbonyl (C=O) groups is 2. The van der Waals surface area contributed by atoms with E-state index in [1.54, 1.807) is 36.0 Å². The summed E-state index contributed by atoms with van der Waals surface area (Å²) >= 11 is 0. The second kappa shape index (κ2) is 6.74. The van der Waals surface area contributed by atoms with E-state index in [1.165, 1.54) is 0 Å². The fraction of sp³-hybridized carbons (Fsp3) is 0.263. The topological polar surface area (TPSA) is 49.9 Å². The predicted octanol–water partition coefficient (Wildman–Crippen LogP) is 2.57. The molecule has 1 saturated heterocycles. The lowest BCUT2D eigenvalue weighted by molar-refractivity contribution is -0.124. The average Bonchev–Trinajstić information content (AvgIpc) is 2.64. The number of methoxy groups -OCH3 is 1. The van der Waals surface area contributed by atoms with Crippen LogP contribution in [0.5, 0.6) is 5.75 Å². The van der Waals surface area contributed by atoms with Gasteiger partial charge in [0.2, 0.25) is 5.91 Å². The summed E-state index contributed by atoms with van der Waals surface area (Å²) in [6.45, 7) is 2.74. The van der Waals surface area contributed by atoms with Gasteiger partial charge in [0.25, 0.3) is 5.91 Å². The second-order valence-electron chi connectivity index (χ2n) is 5.73. The Bertz CT molecular complexity index is 745. The van der Waals surface area contributed by atoms with E-state index in [-0.39, 0.29) is 11.8 Å². The number of carbonyl (C=O) groups excluding carboxylic acids is 2. The highest BCUT2D eigenvalue weighted by atomic mass is 16.5. The van der Waals surface area contributed by atoms with Crippen molar-refractivity contribution in [3.63, 3.8) is 0 Å². The molecule has 5 heteroatoms. The van der Waals surface area contributed by atoms with Crippen LogP contribution in [0.15, 0.2) is 54.6 Å². The summed E-state index contributed by atoms with van der Waals surface area (Å²) < 4.78 is 5.22. The predicted molar refractivity (Wildman–Crippen MR) is 92.3 cm³/mol. The summed E-state index contributed by atoms with van der Waals surface area (Å²) in [4.78, 5) is 28.7. The number of rotatable bonds is 3. The normalized spacial score (nSPS) is 17.8. The molecular formula is C19H20N2O3. The molecule has 1 aliphatic rings. The molecule has 0 unspecified atom stereocenters. The molecule has 0 N–H and O–H groups in total. The van der Waals surface area contributed by atoms with Gasteiger partial charge in [0.1, 0.15) is 11.8 Å². The van der Waals surface area contributed by atoms with E-state index >= 15 is 0 Å². The standard InChI is InChI=1S/C19H20N2O3/c1-14-18(22)21(16-9-6-10-17(13-16)24-2)12-11-20(14)19(23)15-7-4-3-5-8-15/h3-10,13-14H,11-12H2,1-2H3/t14-/m1/s1. The van der Waals surface area contributed by atoms with Crippen LogP contribution < -0.4 is 9.64 Å². The zero-order valence-electron chi connectivity index (χ0n) is 13.8. The van der Waals surface area contributed by atoms with Crippen LogP contribution >= 0.6 is 0 Å². The van der Waals surface area contributed by atoms with Gasteiger partial charge in [-0.1, -0.05) is 24.3 Å². The molecule has 5 nitrogen and oxygen atoms in total. The van der Waals surface area contributed by atoms with Gasteiger partial charge in [0, 0.05) is 30.4 Å². The molecule has 1 heterocycles. The van der Waals surface area contributed by atoms with Crippen LogP contribution in [0.1, 0.15) is 17.3 Å². The van der Waals surface area contributed by atoms with Gasteiger partial charge in [-0.3, -0.25) is 9.59 Å². The third-order valence-corrected chi connectivity index (χ3v) is 4.30. The molecule has 0 aliphatic carbocycles. The van der Waals surface area contributed by atoms with Gasteiger partial charge >= 0.3 is 0 Å². The van der Waals surface area contributed by atoms with Gasteiger partial charge < -0.3 is 14.5 Å². The van der Waals surface area contributed by atoms with Crippen LogP contribution in [-0.2, 0) is 4.79 Å². The molecule has 1 atom stereocenters. The monoisotopic (exact) mass is 324 g/mol. The number of hydrogen-bond acceptors (Lipinski definition) is 3. The Hall–Kier alpha value is -2.82. The Balaban J connectivity index is 1.79. The van der Waals surface area contributed by atoms with Gasteiger partial charge in [0.05, 0.1) is 7.11 Å². The van der Waals surface area contributed by atoms with Crippen molar-refractivity contribution in [2.75, 3.05) is 25.1 Å². The molecule has 0 bridgehead atoms. The first-order valence-corrected chi connectivity index (χ1v) is 7.93. The van der Waals surface area contributed by atoms with Crippen LogP contribution in [0.3, 0.4) is 0 Å². The number of nitrogens with zero attached hydrogens (tertiary/aromatic N) is 2. The van der Waals surface area contributed by atoms with Gasteiger partial charge in [-0.25, -0.2) is 0 Å². The Morgan fingerprint density at radius 1 is 1.08 bits per heavy atom. The van der Waals surface area contributed by atoms with E-state index < -0.39 is 6.04 Å². The molecule has 2 aromatic carbocycles. The lowest BCUT2D eigenvalue weighted by Gasteiger charge is -2.39. The molecule has 0 saturated carbocycles. The van der Waals surface area contributed by atoms with Crippen molar-refractivity contribution in [1.29, 1.82) is 0 Å². The maximum Gasteiger partial charge on any atom is 0.254 e. The SMILES string of the molecule is COc1cccc(N2CCN(C(=O)c3ccccc3)[C@H](C)C2=O)c1. The molecule has 2 aromatic rings. The zero-order chi connectivity index (χ0) is 17.1. The first-order chi connectivity index (χ1) is 11.6. The highest BCUT2D eigenvalue weighted by Crippen LogP contribution is 2.25. The smallest absolute Gasteiger partial charge is 0.254 e. The average molecular weight is 324 g/mol. The lowest BCUT2D eigenvalue weighted by atomic mass is 10.1.